The molecular weight excluding hydrogens is 379 g/mol. The maximum absolute atomic E-state index is 14.2. The molecule has 0 saturated carbocycles. The molecule has 0 radical (unpaired) electrons. The Bertz CT molecular complexity index is 531. The van der Waals surface area contributed by atoms with Crippen molar-refractivity contribution in [2.75, 3.05) is 26.2 Å². The second-order valence-electron chi connectivity index (χ2n) is 4.83. The number of benzene rings is 1. The molecule has 9 heteroatoms. The second kappa shape index (κ2) is 9.08. The van der Waals surface area contributed by atoms with Gasteiger partial charge in [0.1, 0.15) is 5.82 Å². The standard InChI is InChI=1S/C14H15ClF4N2.2ClH/c1-2-12(21-5-3-20-4-6-21)10-7-9(14(17,18)19)8-11(15)13(10)16;;/h2,7-8,12,20H,1,3-6H2;2*1H/t12-;;/m0../s1. The van der Waals surface area contributed by atoms with Gasteiger partial charge < -0.3 is 5.32 Å². The van der Waals surface area contributed by atoms with Gasteiger partial charge in [0, 0.05) is 31.7 Å². The van der Waals surface area contributed by atoms with Crippen LogP contribution in [-0.2, 0) is 6.18 Å². The van der Waals surface area contributed by atoms with Gasteiger partial charge in [-0.05, 0) is 12.1 Å². The van der Waals surface area contributed by atoms with Gasteiger partial charge in [-0.15, -0.1) is 31.4 Å². The van der Waals surface area contributed by atoms with E-state index in [9.17, 15) is 17.6 Å². The van der Waals surface area contributed by atoms with Crippen LogP contribution in [0.4, 0.5) is 17.6 Å². The number of nitrogens with one attached hydrogen (secondary N) is 1. The van der Waals surface area contributed by atoms with Crippen LogP contribution in [0.2, 0.25) is 5.02 Å². The van der Waals surface area contributed by atoms with Crippen LogP contribution in [-0.4, -0.2) is 31.1 Å². The lowest BCUT2D eigenvalue weighted by molar-refractivity contribution is -0.137. The number of piperazine rings is 1. The zero-order chi connectivity index (χ0) is 15.6. The van der Waals surface area contributed by atoms with E-state index in [0.29, 0.717) is 32.2 Å². The molecule has 2 nitrogen and oxygen atoms in total. The molecule has 1 aliphatic rings. The average Bonchev–Trinajstić information content (AvgIpc) is 2.44. The van der Waals surface area contributed by atoms with E-state index in [0.717, 1.165) is 6.07 Å². The molecule has 1 saturated heterocycles. The topological polar surface area (TPSA) is 15.3 Å². The van der Waals surface area contributed by atoms with Gasteiger partial charge in [0.25, 0.3) is 0 Å². The minimum atomic E-state index is -4.57. The van der Waals surface area contributed by atoms with E-state index < -0.39 is 28.6 Å². The van der Waals surface area contributed by atoms with Crippen molar-refractivity contribution >= 4 is 36.4 Å². The Morgan fingerprint density at radius 2 is 1.78 bits per heavy atom. The molecule has 0 bridgehead atoms. The lowest BCUT2D eigenvalue weighted by atomic mass is 10.0. The fourth-order valence-electron chi connectivity index (χ4n) is 2.42. The highest BCUT2D eigenvalue weighted by Gasteiger charge is 2.34. The monoisotopic (exact) mass is 394 g/mol. The van der Waals surface area contributed by atoms with Gasteiger partial charge >= 0.3 is 6.18 Å². The van der Waals surface area contributed by atoms with E-state index in [4.69, 9.17) is 11.6 Å². The van der Waals surface area contributed by atoms with E-state index in [1.54, 1.807) is 0 Å². The van der Waals surface area contributed by atoms with Gasteiger partial charge in [-0.1, -0.05) is 17.7 Å². The van der Waals surface area contributed by atoms with Gasteiger partial charge in [-0.2, -0.15) is 13.2 Å². The van der Waals surface area contributed by atoms with Gasteiger partial charge in [0.05, 0.1) is 16.6 Å². The van der Waals surface area contributed by atoms with Crippen LogP contribution in [0.25, 0.3) is 0 Å². The van der Waals surface area contributed by atoms with Crippen LogP contribution in [0.1, 0.15) is 17.2 Å². The van der Waals surface area contributed by atoms with Crippen LogP contribution in [0.15, 0.2) is 24.8 Å². The van der Waals surface area contributed by atoms with Crippen molar-refractivity contribution in [1.29, 1.82) is 0 Å². The first kappa shape index (κ1) is 22.5. The van der Waals surface area contributed by atoms with Crippen LogP contribution >= 0.6 is 36.4 Å². The smallest absolute Gasteiger partial charge is 0.314 e. The molecule has 2 rings (SSSR count). The van der Waals surface area contributed by atoms with Crippen molar-refractivity contribution < 1.29 is 17.6 Å². The Morgan fingerprint density at radius 1 is 1.22 bits per heavy atom. The summed E-state index contributed by atoms with van der Waals surface area (Å²) in [5, 5.41) is 2.60. The van der Waals surface area contributed by atoms with E-state index in [-0.39, 0.29) is 30.4 Å². The summed E-state index contributed by atoms with van der Waals surface area (Å²) in [6.07, 6.45) is -3.12. The summed E-state index contributed by atoms with van der Waals surface area (Å²) in [6, 6.07) is 0.792. The zero-order valence-corrected chi connectivity index (χ0v) is 14.4. The summed E-state index contributed by atoms with van der Waals surface area (Å²) in [4.78, 5) is 1.87. The Labute approximate surface area is 149 Å². The van der Waals surface area contributed by atoms with Crippen molar-refractivity contribution in [1.82, 2.24) is 10.2 Å². The summed E-state index contributed by atoms with van der Waals surface area (Å²) >= 11 is 5.62. The molecule has 1 aromatic carbocycles. The highest BCUT2D eigenvalue weighted by atomic mass is 35.5. The lowest BCUT2D eigenvalue weighted by Crippen LogP contribution is -2.44. The second-order valence-corrected chi connectivity index (χ2v) is 5.23. The molecule has 0 aromatic heterocycles. The maximum Gasteiger partial charge on any atom is 0.416 e. The SMILES string of the molecule is C=C[C@@H](c1cc(C(F)(F)F)cc(Cl)c1F)N1CCNCC1.Cl.Cl. The average molecular weight is 396 g/mol. The van der Waals surface area contributed by atoms with Gasteiger partial charge in [0.15, 0.2) is 0 Å². The Kier molecular flexibility index (Phi) is 8.87. The molecule has 0 unspecified atom stereocenters. The molecule has 1 aliphatic heterocycles. The van der Waals surface area contributed by atoms with E-state index in [1.165, 1.54) is 6.08 Å². The Morgan fingerprint density at radius 3 is 2.26 bits per heavy atom. The minimum absolute atomic E-state index is 0. The van der Waals surface area contributed by atoms with E-state index in [2.05, 4.69) is 11.9 Å². The van der Waals surface area contributed by atoms with E-state index in [1.807, 2.05) is 4.90 Å². The third-order valence-electron chi connectivity index (χ3n) is 3.47. The van der Waals surface area contributed by atoms with Gasteiger partial charge in [-0.3, -0.25) is 4.90 Å². The molecule has 132 valence electrons. The summed E-state index contributed by atoms with van der Waals surface area (Å²) < 4.78 is 52.7. The van der Waals surface area contributed by atoms with Crippen molar-refractivity contribution in [3.05, 3.63) is 46.8 Å². The van der Waals surface area contributed by atoms with Crippen molar-refractivity contribution in [2.24, 2.45) is 0 Å². The largest absolute Gasteiger partial charge is 0.416 e. The molecule has 23 heavy (non-hydrogen) atoms. The highest BCUT2D eigenvalue weighted by Crippen LogP contribution is 2.36. The molecule has 1 aromatic rings. The first-order chi connectivity index (χ1) is 9.84. The van der Waals surface area contributed by atoms with Gasteiger partial charge in [0.2, 0.25) is 0 Å². The summed E-state index contributed by atoms with van der Waals surface area (Å²) in [5.41, 5.74) is -1.04. The third kappa shape index (κ3) is 5.22. The molecule has 1 fully saturated rings. The first-order valence-electron chi connectivity index (χ1n) is 6.48. The molecule has 0 spiro atoms. The fraction of sp³-hybridized carbons (Fsp3) is 0.429. The summed E-state index contributed by atoms with van der Waals surface area (Å²) in [5.74, 6) is -0.826. The molecule has 0 amide bonds. The fourth-order valence-corrected chi connectivity index (χ4v) is 2.65. The molecular formula is C14H17Cl3F4N2. The molecule has 1 atom stereocenters. The van der Waals surface area contributed by atoms with Crippen LogP contribution < -0.4 is 5.32 Å². The predicted octanol–water partition coefficient (Wildman–Crippen LogP) is 4.47. The first-order valence-corrected chi connectivity index (χ1v) is 6.86. The molecule has 1 heterocycles. The summed E-state index contributed by atoms with van der Waals surface area (Å²) in [7, 11) is 0. The lowest BCUT2D eigenvalue weighted by Gasteiger charge is -2.34. The van der Waals surface area contributed by atoms with Crippen molar-refractivity contribution in [2.45, 2.75) is 12.2 Å². The number of halogens is 7. The number of hydrogen-bond donors (Lipinski definition) is 1. The van der Waals surface area contributed by atoms with Gasteiger partial charge in [-0.25, -0.2) is 4.39 Å². The number of rotatable bonds is 3. The number of hydrogen-bond acceptors (Lipinski definition) is 2. The van der Waals surface area contributed by atoms with Crippen LogP contribution in [0.5, 0.6) is 0 Å². The minimum Gasteiger partial charge on any atom is -0.314 e. The van der Waals surface area contributed by atoms with Crippen molar-refractivity contribution in [3.8, 4) is 0 Å². The third-order valence-corrected chi connectivity index (χ3v) is 3.75. The normalized spacial score (nSPS) is 16.9. The number of nitrogens with zero attached hydrogens (tertiary/aromatic N) is 1. The van der Waals surface area contributed by atoms with Crippen LogP contribution in [0.3, 0.4) is 0 Å². The Balaban J connectivity index is 0.00000242. The summed E-state index contributed by atoms with van der Waals surface area (Å²) in [6.45, 7) is 6.21. The quantitative estimate of drug-likeness (QED) is 0.600. The maximum atomic E-state index is 14.2. The number of alkyl halides is 3. The van der Waals surface area contributed by atoms with E-state index >= 15 is 0 Å². The molecule has 0 aliphatic carbocycles. The van der Waals surface area contributed by atoms with Crippen molar-refractivity contribution in [3.63, 3.8) is 0 Å². The highest BCUT2D eigenvalue weighted by molar-refractivity contribution is 6.30. The molecule has 1 N–H and O–H groups in total. The predicted molar refractivity (Wildman–Crippen MR) is 88.3 cm³/mol. The Hall–Kier alpha value is -0.530. The van der Waals surface area contributed by atoms with Crippen LogP contribution in [0, 0.1) is 5.82 Å². The zero-order valence-electron chi connectivity index (χ0n) is 12.0.